The summed E-state index contributed by atoms with van der Waals surface area (Å²) >= 11 is 0. The second-order valence-corrected chi connectivity index (χ2v) is 6.12. The van der Waals surface area contributed by atoms with Crippen LogP contribution in [0, 0.1) is 0 Å². The van der Waals surface area contributed by atoms with Crippen LogP contribution in [-0.2, 0) is 16.1 Å². The Hall–Kier alpha value is -2.74. The van der Waals surface area contributed by atoms with Crippen LogP contribution in [0.5, 0.6) is 5.88 Å². The Morgan fingerprint density at radius 2 is 2.28 bits per heavy atom. The van der Waals surface area contributed by atoms with Gasteiger partial charge in [-0.25, -0.2) is 9.97 Å². The van der Waals surface area contributed by atoms with Gasteiger partial charge in [-0.3, -0.25) is 9.78 Å². The maximum absolute atomic E-state index is 12.4. The number of ether oxygens (including phenoxy) is 2. The molecule has 8 heteroatoms. The van der Waals surface area contributed by atoms with Crippen molar-refractivity contribution in [3.63, 3.8) is 0 Å². The van der Waals surface area contributed by atoms with Gasteiger partial charge in [0.1, 0.15) is 18.8 Å². The Morgan fingerprint density at radius 3 is 3.08 bits per heavy atom. The van der Waals surface area contributed by atoms with E-state index >= 15 is 0 Å². The Labute approximate surface area is 145 Å². The van der Waals surface area contributed by atoms with Gasteiger partial charge in [-0.05, 0) is 11.6 Å². The minimum Gasteiger partial charge on any atom is -0.481 e. The molecule has 2 saturated heterocycles. The maximum Gasteiger partial charge on any atom is 0.249 e. The number of carbonyl (C=O) groups is 1. The molecule has 0 radical (unpaired) electrons. The molecule has 130 valence electrons. The molecule has 2 aliphatic rings. The fraction of sp³-hybridized carbons (Fsp3) is 0.412. The van der Waals surface area contributed by atoms with Crippen molar-refractivity contribution in [3.05, 3.63) is 42.5 Å². The lowest BCUT2D eigenvalue weighted by atomic mass is 10.1. The number of methoxy groups -OCH3 is 1. The highest BCUT2D eigenvalue weighted by molar-refractivity contribution is 5.79. The summed E-state index contributed by atoms with van der Waals surface area (Å²) in [6, 6.07) is 5.64. The van der Waals surface area contributed by atoms with E-state index in [0.29, 0.717) is 25.5 Å². The van der Waals surface area contributed by atoms with Gasteiger partial charge in [0.15, 0.2) is 0 Å². The van der Waals surface area contributed by atoms with Crippen LogP contribution in [0.2, 0.25) is 0 Å². The van der Waals surface area contributed by atoms with Crippen LogP contribution in [0.1, 0.15) is 5.56 Å². The van der Waals surface area contributed by atoms with Gasteiger partial charge in [0.05, 0.1) is 19.3 Å². The third kappa shape index (κ3) is 3.12. The van der Waals surface area contributed by atoms with Gasteiger partial charge in [0, 0.05) is 38.1 Å². The standard InChI is InChI=1S/C17H19N5O3/c1-24-16-5-15(19-11-20-16)21-8-13-14(9-21)25-10-17(23)22(13)7-12-3-2-4-18-6-12/h2-6,11,13-14H,7-10H2,1H3/t13-,14-/m1/s1. The van der Waals surface area contributed by atoms with Crippen LogP contribution in [-0.4, -0.2) is 64.7 Å². The molecule has 4 rings (SSSR count). The monoisotopic (exact) mass is 341 g/mol. The van der Waals surface area contributed by atoms with Gasteiger partial charge in [-0.2, -0.15) is 0 Å². The molecule has 1 amide bonds. The lowest BCUT2D eigenvalue weighted by Gasteiger charge is -2.36. The van der Waals surface area contributed by atoms with Crippen LogP contribution < -0.4 is 9.64 Å². The first-order valence-corrected chi connectivity index (χ1v) is 8.15. The largest absolute Gasteiger partial charge is 0.481 e. The Balaban J connectivity index is 1.54. The van der Waals surface area contributed by atoms with Crippen molar-refractivity contribution in [1.82, 2.24) is 19.9 Å². The third-order valence-electron chi connectivity index (χ3n) is 4.61. The number of hydrogen-bond donors (Lipinski definition) is 0. The summed E-state index contributed by atoms with van der Waals surface area (Å²) in [5.41, 5.74) is 1.01. The van der Waals surface area contributed by atoms with Crippen LogP contribution in [0.15, 0.2) is 36.9 Å². The summed E-state index contributed by atoms with van der Waals surface area (Å²) in [7, 11) is 1.58. The molecule has 0 bridgehead atoms. The smallest absolute Gasteiger partial charge is 0.249 e. The molecule has 0 aromatic carbocycles. The van der Waals surface area contributed by atoms with E-state index in [9.17, 15) is 4.79 Å². The van der Waals surface area contributed by atoms with E-state index in [2.05, 4.69) is 19.9 Å². The van der Waals surface area contributed by atoms with Crippen molar-refractivity contribution in [2.45, 2.75) is 18.7 Å². The molecule has 2 aliphatic heterocycles. The van der Waals surface area contributed by atoms with Crippen molar-refractivity contribution < 1.29 is 14.3 Å². The predicted molar refractivity (Wildman–Crippen MR) is 89.1 cm³/mol. The first-order chi connectivity index (χ1) is 12.2. The van der Waals surface area contributed by atoms with E-state index in [1.54, 1.807) is 25.6 Å². The SMILES string of the molecule is COc1cc(N2C[C@@H]3[C@@H](C2)OCC(=O)N3Cc2cccnc2)ncn1. The minimum absolute atomic E-state index is 0.00669. The molecule has 2 aromatic heterocycles. The van der Waals surface area contributed by atoms with Gasteiger partial charge in [0.25, 0.3) is 0 Å². The molecule has 0 unspecified atom stereocenters. The highest BCUT2D eigenvalue weighted by Crippen LogP contribution is 2.28. The number of hydrogen-bond acceptors (Lipinski definition) is 7. The van der Waals surface area contributed by atoms with Crippen LogP contribution >= 0.6 is 0 Å². The number of carbonyl (C=O) groups excluding carboxylic acids is 1. The Morgan fingerprint density at radius 1 is 1.36 bits per heavy atom. The first kappa shape index (κ1) is 15.8. The molecule has 2 atom stereocenters. The van der Waals surface area contributed by atoms with Crippen LogP contribution in [0.25, 0.3) is 0 Å². The minimum atomic E-state index is -0.0321. The molecule has 0 spiro atoms. The molecule has 4 heterocycles. The van der Waals surface area contributed by atoms with E-state index in [4.69, 9.17) is 9.47 Å². The number of rotatable bonds is 4. The molecule has 25 heavy (non-hydrogen) atoms. The summed E-state index contributed by atoms with van der Waals surface area (Å²) in [6.45, 7) is 2.00. The number of amides is 1. The summed E-state index contributed by atoms with van der Waals surface area (Å²) in [5, 5.41) is 0. The van der Waals surface area contributed by atoms with E-state index in [-0.39, 0.29) is 24.7 Å². The number of aromatic nitrogens is 3. The number of morpholine rings is 1. The van der Waals surface area contributed by atoms with Gasteiger partial charge < -0.3 is 19.3 Å². The number of anilines is 1. The quantitative estimate of drug-likeness (QED) is 0.801. The highest BCUT2D eigenvalue weighted by Gasteiger charge is 2.43. The zero-order chi connectivity index (χ0) is 17.2. The summed E-state index contributed by atoms with van der Waals surface area (Å²) < 4.78 is 10.9. The average Bonchev–Trinajstić information content (AvgIpc) is 3.10. The van der Waals surface area contributed by atoms with Gasteiger partial charge >= 0.3 is 0 Å². The molecular formula is C17H19N5O3. The van der Waals surface area contributed by atoms with Gasteiger partial charge in [-0.1, -0.05) is 6.07 Å². The summed E-state index contributed by atoms with van der Waals surface area (Å²) in [5.74, 6) is 1.30. The lowest BCUT2D eigenvalue weighted by molar-refractivity contribution is -0.153. The molecule has 2 fully saturated rings. The van der Waals surface area contributed by atoms with E-state index < -0.39 is 0 Å². The average molecular weight is 341 g/mol. The Kier molecular flexibility index (Phi) is 4.19. The number of pyridine rings is 1. The van der Waals surface area contributed by atoms with Crippen molar-refractivity contribution >= 4 is 11.7 Å². The normalized spacial score (nSPS) is 22.8. The zero-order valence-electron chi connectivity index (χ0n) is 13.9. The lowest BCUT2D eigenvalue weighted by Crippen LogP contribution is -2.53. The van der Waals surface area contributed by atoms with Gasteiger partial charge in [0.2, 0.25) is 11.8 Å². The molecular weight excluding hydrogens is 322 g/mol. The molecule has 2 aromatic rings. The fourth-order valence-electron chi connectivity index (χ4n) is 3.36. The number of fused-ring (bicyclic) bond motifs is 1. The Bertz CT molecular complexity index is 757. The molecule has 0 N–H and O–H groups in total. The van der Waals surface area contributed by atoms with Crippen LogP contribution in [0.4, 0.5) is 5.82 Å². The molecule has 8 nitrogen and oxygen atoms in total. The number of nitrogens with zero attached hydrogens (tertiary/aromatic N) is 5. The topological polar surface area (TPSA) is 80.7 Å². The zero-order valence-corrected chi connectivity index (χ0v) is 13.9. The van der Waals surface area contributed by atoms with Crippen LogP contribution in [0.3, 0.4) is 0 Å². The van der Waals surface area contributed by atoms with Crippen molar-refractivity contribution in [3.8, 4) is 5.88 Å². The predicted octanol–water partition coefficient (Wildman–Crippen LogP) is 0.496. The van der Waals surface area contributed by atoms with Crippen molar-refractivity contribution in [2.75, 3.05) is 31.7 Å². The van der Waals surface area contributed by atoms with Gasteiger partial charge in [-0.15, -0.1) is 0 Å². The maximum atomic E-state index is 12.4. The van der Waals surface area contributed by atoms with E-state index in [1.165, 1.54) is 6.33 Å². The molecule has 0 aliphatic carbocycles. The second kappa shape index (κ2) is 6.64. The fourth-order valence-corrected chi connectivity index (χ4v) is 3.36. The highest BCUT2D eigenvalue weighted by atomic mass is 16.5. The third-order valence-corrected chi connectivity index (χ3v) is 4.61. The van der Waals surface area contributed by atoms with E-state index in [0.717, 1.165) is 11.4 Å². The van der Waals surface area contributed by atoms with E-state index in [1.807, 2.05) is 17.0 Å². The second-order valence-electron chi connectivity index (χ2n) is 6.12. The first-order valence-electron chi connectivity index (χ1n) is 8.15. The summed E-state index contributed by atoms with van der Waals surface area (Å²) in [6.07, 6.45) is 4.97. The van der Waals surface area contributed by atoms with Crippen molar-refractivity contribution in [2.24, 2.45) is 0 Å². The summed E-state index contributed by atoms with van der Waals surface area (Å²) in [4.78, 5) is 28.9. The molecule has 0 saturated carbocycles. The van der Waals surface area contributed by atoms with Crippen molar-refractivity contribution in [1.29, 1.82) is 0 Å².